The highest BCUT2D eigenvalue weighted by Crippen LogP contribution is 2.19. The Morgan fingerprint density at radius 2 is 1.84 bits per heavy atom. The van der Waals surface area contributed by atoms with Crippen LogP contribution in [0.15, 0.2) is 52.9 Å². The van der Waals surface area contributed by atoms with Gasteiger partial charge in [0.05, 0.1) is 0 Å². The number of hydrogen-bond donors (Lipinski definition) is 1. The van der Waals surface area contributed by atoms with Crippen LogP contribution in [-0.4, -0.2) is 10.9 Å². The van der Waals surface area contributed by atoms with Crippen LogP contribution in [-0.2, 0) is 0 Å². The van der Waals surface area contributed by atoms with Crippen LogP contribution in [0, 0.1) is 0 Å². The second-order valence-corrected chi connectivity index (χ2v) is 4.38. The number of carbonyl (C=O) groups excluding carboxylic acids is 1. The Kier molecular flexibility index (Phi) is 2.93. The number of benzene rings is 2. The van der Waals surface area contributed by atoms with Gasteiger partial charge in [-0.25, -0.2) is 0 Å². The van der Waals surface area contributed by atoms with Crippen molar-refractivity contribution in [2.24, 2.45) is 0 Å². The number of hydrogen-bond acceptors (Lipinski definition) is 3. The Morgan fingerprint density at radius 1 is 1.11 bits per heavy atom. The molecule has 0 aliphatic carbocycles. The normalized spacial score (nSPS) is 10.6. The minimum atomic E-state index is -0.289. The van der Waals surface area contributed by atoms with Gasteiger partial charge in [-0.1, -0.05) is 23.7 Å². The lowest BCUT2D eigenvalue weighted by molar-refractivity contribution is 0.102. The van der Waals surface area contributed by atoms with E-state index in [1.807, 2.05) is 18.2 Å². The highest BCUT2D eigenvalue weighted by atomic mass is 35.5. The van der Waals surface area contributed by atoms with Gasteiger partial charge in [0.1, 0.15) is 5.52 Å². The number of carbonyl (C=O) groups is 1. The molecule has 0 saturated heterocycles. The van der Waals surface area contributed by atoms with Gasteiger partial charge in [0.15, 0.2) is 5.58 Å². The smallest absolute Gasteiger partial charge is 0.302 e. The molecule has 5 heteroatoms. The fourth-order valence-corrected chi connectivity index (χ4v) is 1.82. The largest absolute Gasteiger partial charge is 0.423 e. The lowest BCUT2D eigenvalue weighted by atomic mass is 10.2. The van der Waals surface area contributed by atoms with Crippen molar-refractivity contribution in [3.63, 3.8) is 0 Å². The number of fused-ring (bicyclic) bond motifs is 1. The summed E-state index contributed by atoms with van der Waals surface area (Å²) in [5.74, 6) is -0.289. The molecule has 19 heavy (non-hydrogen) atoms. The first-order valence-corrected chi connectivity index (χ1v) is 6.03. The number of nitrogens with one attached hydrogen (secondary N) is 1. The predicted octanol–water partition coefficient (Wildman–Crippen LogP) is 3.73. The molecule has 3 rings (SSSR count). The lowest BCUT2D eigenvalue weighted by Gasteiger charge is -2.00. The van der Waals surface area contributed by atoms with E-state index in [-0.39, 0.29) is 11.9 Å². The zero-order valence-corrected chi connectivity index (χ0v) is 10.5. The van der Waals surface area contributed by atoms with Crippen molar-refractivity contribution < 1.29 is 9.21 Å². The third-order valence-electron chi connectivity index (χ3n) is 2.62. The van der Waals surface area contributed by atoms with Gasteiger partial charge < -0.3 is 4.42 Å². The summed E-state index contributed by atoms with van der Waals surface area (Å²) in [4.78, 5) is 16.1. The van der Waals surface area contributed by atoms with E-state index in [0.29, 0.717) is 21.7 Å². The lowest BCUT2D eigenvalue weighted by Crippen LogP contribution is -2.11. The van der Waals surface area contributed by atoms with Crippen LogP contribution >= 0.6 is 11.6 Å². The third kappa shape index (κ3) is 2.44. The summed E-state index contributed by atoms with van der Waals surface area (Å²) < 4.78 is 5.41. The number of anilines is 1. The van der Waals surface area contributed by atoms with Crippen LogP contribution in [0.4, 0.5) is 6.01 Å². The maximum atomic E-state index is 11.9. The number of aromatic nitrogens is 1. The number of rotatable bonds is 2. The molecular weight excluding hydrogens is 264 g/mol. The van der Waals surface area contributed by atoms with Gasteiger partial charge >= 0.3 is 6.01 Å². The van der Waals surface area contributed by atoms with Crippen molar-refractivity contribution in [3.8, 4) is 0 Å². The predicted molar refractivity (Wildman–Crippen MR) is 73.4 cm³/mol. The van der Waals surface area contributed by atoms with Gasteiger partial charge in [-0.2, -0.15) is 4.98 Å². The van der Waals surface area contributed by atoms with Crippen molar-refractivity contribution in [1.29, 1.82) is 0 Å². The molecule has 0 spiro atoms. The SMILES string of the molecule is O=C(Nc1nc2ccccc2o1)c1ccc(Cl)cc1. The zero-order valence-electron chi connectivity index (χ0n) is 9.76. The van der Waals surface area contributed by atoms with E-state index in [1.54, 1.807) is 30.3 Å². The van der Waals surface area contributed by atoms with Crippen LogP contribution in [0.3, 0.4) is 0 Å². The maximum Gasteiger partial charge on any atom is 0.302 e. The van der Waals surface area contributed by atoms with E-state index < -0.39 is 0 Å². The van der Waals surface area contributed by atoms with Crippen molar-refractivity contribution >= 4 is 34.6 Å². The Morgan fingerprint density at radius 3 is 2.58 bits per heavy atom. The van der Waals surface area contributed by atoms with Crippen LogP contribution in [0.1, 0.15) is 10.4 Å². The van der Waals surface area contributed by atoms with Gasteiger partial charge in [0, 0.05) is 10.6 Å². The molecule has 0 unspecified atom stereocenters. The minimum Gasteiger partial charge on any atom is -0.423 e. The van der Waals surface area contributed by atoms with E-state index in [1.165, 1.54) is 0 Å². The fourth-order valence-electron chi connectivity index (χ4n) is 1.70. The zero-order chi connectivity index (χ0) is 13.2. The molecule has 0 aliphatic rings. The number of oxazole rings is 1. The Bertz CT molecular complexity index is 702. The van der Waals surface area contributed by atoms with Crippen molar-refractivity contribution in [2.75, 3.05) is 5.32 Å². The van der Waals surface area contributed by atoms with Crippen LogP contribution in [0.2, 0.25) is 5.02 Å². The maximum absolute atomic E-state index is 11.9. The molecule has 0 atom stereocenters. The topological polar surface area (TPSA) is 55.1 Å². The van der Waals surface area contributed by atoms with Crippen LogP contribution < -0.4 is 5.32 Å². The minimum absolute atomic E-state index is 0.182. The Labute approximate surface area is 114 Å². The molecule has 4 nitrogen and oxygen atoms in total. The molecule has 1 aromatic heterocycles. The van der Waals surface area contributed by atoms with Crippen LogP contribution in [0.25, 0.3) is 11.1 Å². The number of nitrogens with zero attached hydrogens (tertiary/aromatic N) is 1. The third-order valence-corrected chi connectivity index (χ3v) is 2.87. The highest BCUT2D eigenvalue weighted by molar-refractivity contribution is 6.30. The van der Waals surface area contributed by atoms with Crippen LogP contribution in [0.5, 0.6) is 0 Å². The van der Waals surface area contributed by atoms with Crippen molar-refractivity contribution in [2.45, 2.75) is 0 Å². The average molecular weight is 273 g/mol. The first kappa shape index (κ1) is 11.7. The van der Waals surface area contributed by atoms with Gasteiger partial charge in [-0.3, -0.25) is 10.1 Å². The molecule has 1 heterocycles. The van der Waals surface area contributed by atoms with E-state index in [4.69, 9.17) is 16.0 Å². The summed E-state index contributed by atoms with van der Waals surface area (Å²) >= 11 is 5.77. The number of halogens is 1. The molecule has 1 N–H and O–H groups in total. The van der Waals surface area contributed by atoms with Crippen molar-refractivity contribution in [1.82, 2.24) is 4.98 Å². The molecule has 94 valence electrons. The summed E-state index contributed by atoms with van der Waals surface area (Å²) in [6, 6.07) is 14.1. The van der Waals surface area contributed by atoms with Crippen molar-refractivity contribution in [3.05, 3.63) is 59.1 Å². The van der Waals surface area contributed by atoms with Gasteiger partial charge in [0.2, 0.25) is 0 Å². The average Bonchev–Trinajstić information content (AvgIpc) is 2.81. The summed E-state index contributed by atoms with van der Waals surface area (Å²) in [5.41, 5.74) is 1.83. The van der Waals surface area contributed by atoms with Gasteiger partial charge in [-0.05, 0) is 36.4 Å². The summed E-state index contributed by atoms with van der Waals surface area (Å²) in [7, 11) is 0. The first-order valence-electron chi connectivity index (χ1n) is 5.65. The number of para-hydroxylation sites is 2. The molecule has 2 aromatic carbocycles. The van der Waals surface area contributed by atoms with E-state index in [0.717, 1.165) is 0 Å². The molecular formula is C14H9ClN2O2. The fraction of sp³-hybridized carbons (Fsp3) is 0. The van der Waals surface area contributed by atoms with E-state index in [2.05, 4.69) is 10.3 Å². The van der Waals surface area contributed by atoms with Gasteiger partial charge in [-0.15, -0.1) is 0 Å². The molecule has 0 aliphatic heterocycles. The molecule has 0 fully saturated rings. The highest BCUT2D eigenvalue weighted by Gasteiger charge is 2.10. The van der Waals surface area contributed by atoms with E-state index in [9.17, 15) is 4.79 Å². The van der Waals surface area contributed by atoms with Gasteiger partial charge in [0.25, 0.3) is 5.91 Å². The Balaban J connectivity index is 1.84. The Hall–Kier alpha value is -2.33. The monoisotopic (exact) mass is 272 g/mol. The molecule has 0 bridgehead atoms. The summed E-state index contributed by atoms with van der Waals surface area (Å²) in [5, 5.41) is 3.19. The molecule has 0 radical (unpaired) electrons. The quantitative estimate of drug-likeness (QED) is 0.773. The second-order valence-electron chi connectivity index (χ2n) is 3.95. The second kappa shape index (κ2) is 4.74. The summed E-state index contributed by atoms with van der Waals surface area (Å²) in [6.07, 6.45) is 0. The molecule has 0 saturated carbocycles. The van der Waals surface area contributed by atoms with E-state index >= 15 is 0 Å². The molecule has 1 amide bonds. The summed E-state index contributed by atoms with van der Waals surface area (Å²) in [6.45, 7) is 0. The molecule has 3 aromatic rings. The number of amides is 1. The standard InChI is InChI=1S/C14H9ClN2O2/c15-10-7-5-9(6-8-10)13(18)17-14-16-11-3-1-2-4-12(11)19-14/h1-8H,(H,16,17,18). The first-order chi connectivity index (χ1) is 9.22.